The number of hydrogen-bond donors (Lipinski definition) is 1. The van der Waals surface area contributed by atoms with E-state index in [9.17, 15) is 9.00 Å². The molecule has 118 valence electrons. The molecular weight excluding hydrogens is 314 g/mol. The molecule has 1 aromatic heterocycles. The zero-order valence-corrected chi connectivity index (χ0v) is 14.7. The van der Waals surface area contributed by atoms with Gasteiger partial charge in [0.2, 0.25) is 5.91 Å². The van der Waals surface area contributed by atoms with Crippen molar-refractivity contribution in [1.29, 1.82) is 0 Å². The second kappa shape index (κ2) is 7.20. The second-order valence-electron chi connectivity index (χ2n) is 6.18. The van der Waals surface area contributed by atoms with Crippen molar-refractivity contribution in [3.05, 3.63) is 52.7 Å². The van der Waals surface area contributed by atoms with Crippen LogP contribution in [0.15, 0.2) is 52.7 Å². The molecule has 3 nitrogen and oxygen atoms in total. The van der Waals surface area contributed by atoms with E-state index in [0.717, 1.165) is 4.88 Å². The zero-order valence-electron chi connectivity index (χ0n) is 13.0. The van der Waals surface area contributed by atoms with Gasteiger partial charge in [0.15, 0.2) is 0 Å². The van der Waals surface area contributed by atoms with E-state index in [1.54, 1.807) is 23.5 Å². The van der Waals surface area contributed by atoms with Crippen LogP contribution in [-0.2, 0) is 15.6 Å². The minimum Gasteiger partial charge on any atom is -0.347 e. The lowest BCUT2D eigenvalue weighted by Crippen LogP contribution is -2.38. The number of carbonyl (C=O) groups excluding carboxylic acids is 1. The number of nitrogens with one attached hydrogen (secondary N) is 1. The van der Waals surface area contributed by atoms with Crippen molar-refractivity contribution >= 4 is 28.0 Å². The fraction of sp³-hybridized carbons (Fsp3) is 0.353. The summed E-state index contributed by atoms with van der Waals surface area (Å²) < 4.78 is 12.2. The maximum Gasteiger partial charge on any atom is 0.233 e. The number of rotatable bonds is 5. The minimum absolute atomic E-state index is 0.0119. The number of hydrogen-bond acceptors (Lipinski definition) is 3. The molecule has 2 aromatic rings. The average Bonchev–Trinajstić information content (AvgIpc) is 2.98. The lowest BCUT2D eigenvalue weighted by molar-refractivity contribution is -0.120. The molecule has 0 saturated carbocycles. The highest BCUT2D eigenvalue weighted by Gasteiger charge is 2.29. The largest absolute Gasteiger partial charge is 0.347 e. The van der Waals surface area contributed by atoms with E-state index in [4.69, 9.17) is 0 Å². The zero-order chi connectivity index (χ0) is 16.2. The predicted molar refractivity (Wildman–Crippen MR) is 92.4 cm³/mol. The molecular formula is C17H21NO2S2. The van der Waals surface area contributed by atoms with Crippen LogP contribution in [0.25, 0.3) is 0 Å². The molecule has 0 aliphatic carbocycles. The molecule has 1 aromatic carbocycles. The van der Waals surface area contributed by atoms with E-state index in [2.05, 4.69) is 26.1 Å². The number of carbonyl (C=O) groups is 1. The summed E-state index contributed by atoms with van der Waals surface area (Å²) in [6.07, 6.45) is 0. The van der Waals surface area contributed by atoms with Crippen LogP contribution in [0.2, 0.25) is 0 Å². The molecule has 1 amide bonds. The smallest absolute Gasteiger partial charge is 0.233 e. The molecule has 0 radical (unpaired) electrons. The van der Waals surface area contributed by atoms with Gasteiger partial charge < -0.3 is 5.32 Å². The molecule has 0 bridgehead atoms. The van der Waals surface area contributed by atoms with E-state index < -0.39 is 10.8 Å². The Labute approximate surface area is 138 Å². The van der Waals surface area contributed by atoms with E-state index >= 15 is 0 Å². The Morgan fingerprint density at radius 1 is 1.18 bits per heavy atom. The second-order valence-corrected chi connectivity index (χ2v) is 8.62. The van der Waals surface area contributed by atoms with Gasteiger partial charge in [-0.25, -0.2) is 0 Å². The summed E-state index contributed by atoms with van der Waals surface area (Å²) in [6.45, 7) is 6.27. The van der Waals surface area contributed by atoms with Gasteiger partial charge in [-0.15, -0.1) is 11.3 Å². The van der Waals surface area contributed by atoms with E-state index in [1.165, 1.54) is 0 Å². The Morgan fingerprint density at radius 3 is 2.41 bits per heavy atom. The lowest BCUT2D eigenvalue weighted by Gasteiger charge is -2.30. The monoisotopic (exact) mass is 335 g/mol. The summed E-state index contributed by atoms with van der Waals surface area (Å²) in [5, 5.41) is 5.04. The van der Waals surface area contributed by atoms with Crippen LogP contribution in [-0.4, -0.2) is 15.9 Å². The van der Waals surface area contributed by atoms with Gasteiger partial charge >= 0.3 is 0 Å². The van der Waals surface area contributed by atoms with Gasteiger partial charge in [0.05, 0.1) is 16.8 Å². The topological polar surface area (TPSA) is 46.2 Å². The van der Waals surface area contributed by atoms with E-state index in [0.29, 0.717) is 4.90 Å². The van der Waals surface area contributed by atoms with Gasteiger partial charge in [-0.1, -0.05) is 45.0 Å². The number of benzene rings is 1. The molecule has 0 fully saturated rings. The molecule has 0 unspecified atom stereocenters. The summed E-state index contributed by atoms with van der Waals surface area (Å²) in [5.74, 6) is -0.197. The van der Waals surface area contributed by atoms with Gasteiger partial charge in [0.1, 0.15) is 5.75 Å². The van der Waals surface area contributed by atoms with Crippen molar-refractivity contribution < 1.29 is 9.00 Å². The van der Waals surface area contributed by atoms with Gasteiger partial charge in [0, 0.05) is 9.77 Å². The predicted octanol–water partition coefficient (Wildman–Crippen LogP) is 3.76. The number of amides is 1. The first-order chi connectivity index (χ1) is 10.4. The standard InChI is InChI=1S/C17H21NO2S2/c1-17(2,3)16(14-10-7-11-21-14)18-15(19)12-22(20)13-8-5-4-6-9-13/h4-11,16H,12H2,1-3H3,(H,18,19)/t16-,22-/m1/s1. The van der Waals surface area contributed by atoms with Gasteiger partial charge in [-0.2, -0.15) is 0 Å². The van der Waals surface area contributed by atoms with Crippen molar-refractivity contribution in [3.63, 3.8) is 0 Å². The molecule has 0 spiro atoms. The SMILES string of the molecule is CC(C)(C)[C@H](NC(=O)C[S@@](=O)c1ccccc1)c1cccs1. The minimum atomic E-state index is -1.31. The fourth-order valence-corrected chi connectivity index (χ4v) is 4.12. The Morgan fingerprint density at radius 2 is 1.86 bits per heavy atom. The van der Waals surface area contributed by atoms with Crippen LogP contribution in [0.3, 0.4) is 0 Å². The van der Waals surface area contributed by atoms with Gasteiger partial charge in [-0.3, -0.25) is 9.00 Å². The third-order valence-electron chi connectivity index (χ3n) is 3.27. The van der Waals surface area contributed by atoms with Gasteiger partial charge in [0.25, 0.3) is 0 Å². The highest BCUT2D eigenvalue weighted by Crippen LogP contribution is 2.35. The van der Waals surface area contributed by atoms with Crippen molar-refractivity contribution in [3.8, 4) is 0 Å². The maximum absolute atomic E-state index is 12.3. The Bertz CT molecular complexity index is 630. The first-order valence-corrected chi connectivity index (χ1v) is 9.34. The van der Waals surface area contributed by atoms with Crippen molar-refractivity contribution in [2.75, 3.05) is 5.75 Å². The van der Waals surface area contributed by atoms with E-state index in [-0.39, 0.29) is 23.1 Å². The summed E-state index contributed by atoms with van der Waals surface area (Å²) in [4.78, 5) is 14.1. The summed E-state index contributed by atoms with van der Waals surface area (Å²) in [6, 6.07) is 13.0. The van der Waals surface area contributed by atoms with Crippen molar-refractivity contribution in [1.82, 2.24) is 5.32 Å². The fourth-order valence-electron chi connectivity index (χ4n) is 2.15. The maximum atomic E-state index is 12.3. The van der Waals surface area contributed by atoms with Crippen LogP contribution in [0, 0.1) is 5.41 Å². The van der Waals surface area contributed by atoms with Gasteiger partial charge in [-0.05, 0) is 29.0 Å². The third kappa shape index (κ3) is 4.52. The molecule has 5 heteroatoms. The highest BCUT2D eigenvalue weighted by atomic mass is 32.2. The first kappa shape index (κ1) is 16.9. The van der Waals surface area contributed by atoms with E-state index in [1.807, 2.05) is 35.7 Å². The Balaban J connectivity index is 2.05. The molecule has 0 saturated heterocycles. The van der Waals surface area contributed by atoms with Crippen LogP contribution >= 0.6 is 11.3 Å². The molecule has 2 atom stereocenters. The molecule has 1 N–H and O–H groups in total. The van der Waals surface area contributed by atoms with Crippen molar-refractivity contribution in [2.24, 2.45) is 5.41 Å². The molecule has 1 heterocycles. The molecule has 0 aliphatic rings. The highest BCUT2D eigenvalue weighted by molar-refractivity contribution is 7.85. The number of thiophene rings is 1. The summed E-state index contributed by atoms with van der Waals surface area (Å²) >= 11 is 1.62. The lowest BCUT2D eigenvalue weighted by atomic mass is 9.86. The van der Waals surface area contributed by atoms with Crippen LogP contribution in [0.4, 0.5) is 0 Å². The first-order valence-electron chi connectivity index (χ1n) is 7.14. The Hall–Kier alpha value is -1.46. The summed E-state index contributed by atoms with van der Waals surface area (Å²) in [7, 11) is -1.31. The molecule has 2 rings (SSSR count). The van der Waals surface area contributed by atoms with Crippen LogP contribution < -0.4 is 5.32 Å². The van der Waals surface area contributed by atoms with Crippen LogP contribution in [0.5, 0.6) is 0 Å². The third-order valence-corrected chi connectivity index (χ3v) is 5.53. The molecule has 0 aliphatic heterocycles. The quantitative estimate of drug-likeness (QED) is 0.904. The summed E-state index contributed by atoms with van der Waals surface area (Å²) in [5.41, 5.74) is -0.102. The molecule has 22 heavy (non-hydrogen) atoms. The van der Waals surface area contributed by atoms with Crippen molar-refractivity contribution in [2.45, 2.75) is 31.7 Å². The average molecular weight is 335 g/mol. The van der Waals surface area contributed by atoms with Crippen LogP contribution in [0.1, 0.15) is 31.7 Å². The Kier molecular flexibility index (Phi) is 5.53. The normalized spacial score (nSPS) is 14.3.